The van der Waals surface area contributed by atoms with E-state index in [-0.39, 0.29) is 20.3 Å². The SMILES string of the molecule is Cc1ccc(S(=O)O)cc1.[H-].[Li+]. The summed E-state index contributed by atoms with van der Waals surface area (Å²) >= 11 is -1.84. The fraction of sp³-hybridized carbons (Fsp3) is 0.143. The van der Waals surface area contributed by atoms with Crippen molar-refractivity contribution < 1.29 is 29.0 Å². The summed E-state index contributed by atoms with van der Waals surface area (Å²) in [7, 11) is 0. The van der Waals surface area contributed by atoms with Crippen molar-refractivity contribution >= 4 is 11.1 Å². The van der Waals surface area contributed by atoms with Gasteiger partial charge in [0.2, 0.25) is 0 Å². The van der Waals surface area contributed by atoms with Crippen molar-refractivity contribution in [2.45, 2.75) is 11.8 Å². The predicted octanol–water partition coefficient (Wildman–Crippen LogP) is -1.31. The normalized spacial score (nSPS) is 11.8. The molecule has 0 aliphatic rings. The Morgan fingerprint density at radius 2 is 1.82 bits per heavy atom. The van der Waals surface area contributed by atoms with Gasteiger partial charge >= 0.3 is 18.9 Å². The molecular formula is C7H9LiO2S. The molecule has 0 amide bonds. The largest absolute Gasteiger partial charge is 1.00 e. The molecule has 0 heterocycles. The third-order valence-electron chi connectivity index (χ3n) is 1.22. The third kappa shape index (κ3) is 3.22. The molecule has 0 saturated carbocycles. The van der Waals surface area contributed by atoms with Gasteiger partial charge in [0.25, 0.3) is 0 Å². The van der Waals surface area contributed by atoms with Crippen molar-refractivity contribution in [3.63, 3.8) is 0 Å². The van der Waals surface area contributed by atoms with Crippen LogP contribution in [0.25, 0.3) is 0 Å². The van der Waals surface area contributed by atoms with Crippen molar-refractivity contribution in [2.24, 2.45) is 0 Å². The number of benzene rings is 1. The molecule has 0 fully saturated rings. The monoisotopic (exact) mass is 164 g/mol. The average Bonchev–Trinajstić information content (AvgIpc) is 1.88. The fourth-order valence-electron chi connectivity index (χ4n) is 0.655. The van der Waals surface area contributed by atoms with Crippen LogP contribution in [-0.4, -0.2) is 8.76 Å². The summed E-state index contributed by atoms with van der Waals surface area (Å²) in [5.74, 6) is 0. The summed E-state index contributed by atoms with van der Waals surface area (Å²) in [5, 5.41) is 0. The van der Waals surface area contributed by atoms with E-state index in [1.54, 1.807) is 12.1 Å². The van der Waals surface area contributed by atoms with Crippen molar-refractivity contribution in [3.05, 3.63) is 29.8 Å². The second kappa shape index (κ2) is 4.73. The molecule has 0 aliphatic heterocycles. The van der Waals surface area contributed by atoms with E-state index in [1.165, 1.54) is 0 Å². The van der Waals surface area contributed by atoms with E-state index >= 15 is 0 Å². The van der Waals surface area contributed by atoms with E-state index in [4.69, 9.17) is 4.55 Å². The van der Waals surface area contributed by atoms with Crippen LogP contribution in [0.4, 0.5) is 0 Å². The Balaban J connectivity index is 0. The second-order valence-corrected chi connectivity index (χ2v) is 3.03. The number of hydrogen-bond acceptors (Lipinski definition) is 1. The molecule has 0 aromatic heterocycles. The summed E-state index contributed by atoms with van der Waals surface area (Å²) < 4.78 is 19.0. The number of aryl methyl sites for hydroxylation is 1. The smallest absolute Gasteiger partial charge is 1.00 e. The first-order valence-electron chi connectivity index (χ1n) is 2.87. The molecule has 0 saturated heterocycles. The van der Waals surface area contributed by atoms with E-state index in [0.717, 1.165) is 5.56 Å². The molecule has 1 aromatic carbocycles. The molecule has 1 rings (SSSR count). The Labute approximate surface area is 82.0 Å². The quantitative estimate of drug-likeness (QED) is 0.413. The molecule has 2 nitrogen and oxygen atoms in total. The molecule has 0 spiro atoms. The molecule has 1 aromatic rings. The van der Waals surface area contributed by atoms with E-state index in [9.17, 15) is 4.21 Å². The van der Waals surface area contributed by atoms with Crippen LogP contribution < -0.4 is 18.9 Å². The van der Waals surface area contributed by atoms with Crippen LogP contribution in [-0.2, 0) is 11.1 Å². The van der Waals surface area contributed by atoms with Crippen LogP contribution in [0.1, 0.15) is 6.99 Å². The van der Waals surface area contributed by atoms with Crippen molar-refractivity contribution in [3.8, 4) is 0 Å². The summed E-state index contributed by atoms with van der Waals surface area (Å²) in [6.07, 6.45) is 0. The minimum Gasteiger partial charge on any atom is -1.00 e. The van der Waals surface area contributed by atoms with Crippen LogP contribution in [0.5, 0.6) is 0 Å². The summed E-state index contributed by atoms with van der Waals surface area (Å²) in [6, 6.07) is 6.91. The molecule has 11 heavy (non-hydrogen) atoms. The standard InChI is InChI=1S/C7H8O2S.Li.H/c1-6-2-4-7(5-3-6)10(8)9;;/h2-5H,1H3,(H,8,9);;/q;+1;-1. The Kier molecular flexibility index (Phi) is 4.70. The van der Waals surface area contributed by atoms with Gasteiger partial charge in [0.15, 0.2) is 11.1 Å². The number of hydrogen-bond donors (Lipinski definition) is 1. The molecule has 1 N–H and O–H groups in total. The predicted molar refractivity (Wildman–Crippen MR) is 41.3 cm³/mol. The van der Waals surface area contributed by atoms with E-state index in [0.29, 0.717) is 4.90 Å². The minimum atomic E-state index is -1.84. The van der Waals surface area contributed by atoms with Gasteiger partial charge in [-0.25, -0.2) is 4.21 Å². The van der Waals surface area contributed by atoms with Crippen molar-refractivity contribution in [1.82, 2.24) is 0 Å². The van der Waals surface area contributed by atoms with E-state index in [2.05, 4.69) is 0 Å². The first-order valence-corrected chi connectivity index (χ1v) is 3.98. The van der Waals surface area contributed by atoms with E-state index in [1.807, 2.05) is 19.1 Å². The number of rotatable bonds is 1. The maximum absolute atomic E-state index is 10.4. The van der Waals surface area contributed by atoms with Crippen LogP contribution in [0.15, 0.2) is 29.2 Å². The zero-order valence-corrected chi connectivity index (χ0v) is 7.39. The maximum atomic E-state index is 10.4. The minimum absolute atomic E-state index is 0. The van der Waals surface area contributed by atoms with Gasteiger partial charge in [-0.05, 0) is 19.1 Å². The zero-order valence-electron chi connectivity index (χ0n) is 7.57. The van der Waals surface area contributed by atoms with Crippen LogP contribution >= 0.6 is 0 Å². The van der Waals surface area contributed by atoms with Crippen molar-refractivity contribution in [1.29, 1.82) is 0 Å². The topological polar surface area (TPSA) is 37.3 Å². The van der Waals surface area contributed by atoms with Gasteiger partial charge < -0.3 is 5.98 Å². The molecule has 4 heteroatoms. The first-order chi connectivity index (χ1) is 4.70. The van der Waals surface area contributed by atoms with Gasteiger partial charge in [-0.15, -0.1) is 0 Å². The Hall–Kier alpha value is -0.0726. The molecular weight excluding hydrogens is 155 g/mol. The molecule has 0 aliphatic carbocycles. The third-order valence-corrected chi connectivity index (χ3v) is 1.90. The molecule has 56 valence electrons. The maximum Gasteiger partial charge on any atom is 1.00 e. The van der Waals surface area contributed by atoms with Gasteiger partial charge in [0.05, 0.1) is 4.90 Å². The van der Waals surface area contributed by atoms with Gasteiger partial charge in [0.1, 0.15) is 0 Å². The first kappa shape index (κ1) is 10.9. The molecule has 1 unspecified atom stereocenters. The van der Waals surface area contributed by atoms with Crippen molar-refractivity contribution in [2.75, 3.05) is 0 Å². The Morgan fingerprint density at radius 1 is 1.36 bits per heavy atom. The fourth-order valence-corrected chi connectivity index (χ4v) is 1.02. The summed E-state index contributed by atoms with van der Waals surface area (Å²) in [6.45, 7) is 1.93. The second-order valence-electron chi connectivity index (χ2n) is 2.06. The molecule has 1 atom stereocenters. The Bertz CT molecular complexity index is 250. The van der Waals surface area contributed by atoms with E-state index < -0.39 is 11.1 Å². The van der Waals surface area contributed by atoms with Crippen LogP contribution in [0.3, 0.4) is 0 Å². The Morgan fingerprint density at radius 3 is 2.18 bits per heavy atom. The van der Waals surface area contributed by atoms with Gasteiger partial charge in [0, 0.05) is 0 Å². The zero-order chi connectivity index (χ0) is 7.56. The molecule has 0 radical (unpaired) electrons. The van der Waals surface area contributed by atoms with Crippen LogP contribution in [0.2, 0.25) is 0 Å². The summed E-state index contributed by atoms with van der Waals surface area (Å²) in [4.78, 5) is 0.450. The van der Waals surface area contributed by atoms with Gasteiger partial charge in [-0.2, -0.15) is 0 Å². The van der Waals surface area contributed by atoms with Gasteiger partial charge in [-0.3, -0.25) is 0 Å². The summed E-state index contributed by atoms with van der Waals surface area (Å²) in [5.41, 5.74) is 1.09. The van der Waals surface area contributed by atoms with Crippen LogP contribution in [0, 0.1) is 6.92 Å². The average molecular weight is 164 g/mol. The van der Waals surface area contributed by atoms with Gasteiger partial charge in [-0.1, -0.05) is 17.7 Å². The molecule has 0 bridgehead atoms.